The average molecular weight is 302 g/mol. The predicted molar refractivity (Wildman–Crippen MR) is 76.6 cm³/mol. The maximum absolute atomic E-state index is 12.0. The molecule has 2 N–H and O–H groups in total. The Labute approximate surface area is 123 Å². The minimum atomic E-state index is -0.360. The molecule has 0 saturated carbocycles. The van der Waals surface area contributed by atoms with Gasteiger partial charge in [0.15, 0.2) is 10.9 Å². The first-order valence-electron chi connectivity index (χ1n) is 5.95. The molecule has 0 fully saturated rings. The Kier molecular flexibility index (Phi) is 3.56. The second-order valence-electron chi connectivity index (χ2n) is 4.01. The van der Waals surface area contributed by atoms with Crippen molar-refractivity contribution in [3.8, 4) is 0 Å². The number of nitrogens with zero attached hydrogens (tertiary/aromatic N) is 4. The fraction of sp³-hybridized carbons (Fsp3) is 0.0833. The summed E-state index contributed by atoms with van der Waals surface area (Å²) in [6, 6.07) is 3.34. The number of carbonyl (C=O) groups is 1. The van der Waals surface area contributed by atoms with Crippen LogP contribution in [0.5, 0.6) is 0 Å². The van der Waals surface area contributed by atoms with Crippen molar-refractivity contribution in [2.75, 3.05) is 10.6 Å². The van der Waals surface area contributed by atoms with Gasteiger partial charge < -0.3 is 15.2 Å². The number of amides is 1. The number of anilines is 3. The highest BCUT2D eigenvalue weighted by atomic mass is 32.1. The van der Waals surface area contributed by atoms with Gasteiger partial charge in [0, 0.05) is 23.8 Å². The fourth-order valence-electron chi connectivity index (χ4n) is 1.50. The maximum atomic E-state index is 12.0. The maximum Gasteiger partial charge on any atom is 0.276 e. The molecule has 0 bridgehead atoms. The summed E-state index contributed by atoms with van der Waals surface area (Å²) in [5, 5.41) is 11.4. The van der Waals surface area contributed by atoms with Crippen molar-refractivity contribution in [2.45, 2.75) is 6.92 Å². The van der Waals surface area contributed by atoms with Gasteiger partial charge in [-0.25, -0.2) is 15.0 Å². The van der Waals surface area contributed by atoms with Gasteiger partial charge >= 0.3 is 0 Å². The molecule has 0 atom stereocenters. The van der Waals surface area contributed by atoms with Gasteiger partial charge in [0.05, 0.1) is 0 Å². The predicted octanol–water partition coefficient (Wildman–Crippen LogP) is 2.23. The zero-order chi connectivity index (χ0) is 14.7. The van der Waals surface area contributed by atoms with Crippen LogP contribution in [0.3, 0.4) is 0 Å². The highest BCUT2D eigenvalue weighted by Crippen LogP contribution is 2.19. The van der Waals surface area contributed by atoms with Crippen LogP contribution in [0, 0.1) is 6.92 Å². The van der Waals surface area contributed by atoms with Crippen molar-refractivity contribution in [2.24, 2.45) is 0 Å². The highest BCUT2D eigenvalue weighted by Gasteiger charge is 2.13. The minimum absolute atomic E-state index is 0.277. The summed E-state index contributed by atoms with van der Waals surface area (Å²) < 4.78 is 4.87. The zero-order valence-corrected chi connectivity index (χ0v) is 11.7. The Bertz CT molecular complexity index is 754. The molecule has 1 amide bonds. The quantitative estimate of drug-likeness (QED) is 0.761. The lowest BCUT2D eigenvalue weighted by Crippen LogP contribution is -2.12. The van der Waals surface area contributed by atoms with E-state index in [2.05, 4.69) is 30.7 Å². The van der Waals surface area contributed by atoms with Crippen molar-refractivity contribution in [1.29, 1.82) is 0 Å². The SMILES string of the molecule is Cc1cc(NC(=O)c2csc(Nc3ncccn3)n2)no1. The van der Waals surface area contributed by atoms with Crippen LogP contribution in [-0.2, 0) is 0 Å². The van der Waals surface area contributed by atoms with Gasteiger partial charge in [0.2, 0.25) is 5.95 Å². The lowest BCUT2D eigenvalue weighted by molar-refractivity contribution is 0.102. The molecule has 3 heterocycles. The van der Waals surface area contributed by atoms with E-state index in [4.69, 9.17) is 4.52 Å². The molecular formula is C12H10N6O2S. The van der Waals surface area contributed by atoms with Gasteiger partial charge in [-0.15, -0.1) is 11.3 Å². The molecule has 8 nitrogen and oxygen atoms in total. The molecule has 3 rings (SSSR count). The second kappa shape index (κ2) is 5.67. The zero-order valence-electron chi connectivity index (χ0n) is 10.9. The normalized spacial score (nSPS) is 10.3. The molecular weight excluding hydrogens is 292 g/mol. The number of aryl methyl sites for hydroxylation is 1. The molecule has 0 aliphatic heterocycles. The molecule has 0 saturated heterocycles. The molecule has 0 unspecified atom stereocenters. The molecule has 0 aliphatic carbocycles. The Hall–Kier alpha value is -2.81. The number of hydrogen-bond donors (Lipinski definition) is 2. The van der Waals surface area contributed by atoms with E-state index in [0.29, 0.717) is 22.7 Å². The topological polar surface area (TPSA) is 106 Å². The molecule has 9 heteroatoms. The van der Waals surface area contributed by atoms with Crippen molar-refractivity contribution < 1.29 is 9.32 Å². The number of rotatable bonds is 4. The first-order chi connectivity index (χ1) is 10.2. The summed E-state index contributed by atoms with van der Waals surface area (Å²) in [7, 11) is 0. The van der Waals surface area contributed by atoms with Gasteiger partial charge in [-0.1, -0.05) is 5.16 Å². The molecule has 106 valence electrons. The van der Waals surface area contributed by atoms with E-state index in [9.17, 15) is 4.79 Å². The van der Waals surface area contributed by atoms with Crippen LogP contribution in [0.25, 0.3) is 0 Å². The molecule has 3 aromatic heterocycles. The lowest BCUT2D eigenvalue weighted by Gasteiger charge is -1.98. The number of thiazole rings is 1. The van der Waals surface area contributed by atoms with Gasteiger partial charge in [-0.2, -0.15) is 0 Å². The number of hydrogen-bond acceptors (Lipinski definition) is 8. The Morgan fingerprint density at radius 3 is 2.86 bits per heavy atom. The summed E-state index contributed by atoms with van der Waals surface area (Å²) in [5.74, 6) is 1.03. The van der Waals surface area contributed by atoms with Gasteiger partial charge in [-0.05, 0) is 13.0 Å². The number of aromatic nitrogens is 4. The second-order valence-corrected chi connectivity index (χ2v) is 4.87. The van der Waals surface area contributed by atoms with Gasteiger partial charge in [-0.3, -0.25) is 4.79 Å². The largest absolute Gasteiger partial charge is 0.360 e. The summed E-state index contributed by atoms with van der Waals surface area (Å²) in [4.78, 5) is 24.2. The number of nitrogens with one attached hydrogen (secondary N) is 2. The number of carbonyl (C=O) groups excluding carboxylic acids is 1. The summed E-state index contributed by atoms with van der Waals surface area (Å²) in [6.45, 7) is 1.74. The molecule has 0 aromatic carbocycles. The van der Waals surface area contributed by atoms with Crippen LogP contribution in [0.4, 0.5) is 16.9 Å². The van der Waals surface area contributed by atoms with Gasteiger partial charge in [0.25, 0.3) is 5.91 Å². The van der Waals surface area contributed by atoms with Crippen LogP contribution >= 0.6 is 11.3 Å². The summed E-state index contributed by atoms with van der Waals surface area (Å²) in [5.41, 5.74) is 0.277. The summed E-state index contributed by atoms with van der Waals surface area (Å²) >= 11 is 1.28. The molecule has 3 aromatic rings. The Morgan fingerprint density at radius 1 is 1.33 bits per heavy atom. The van der Waals surface area contributed by atoms with E-state index in [0.717, 1.165) is 0 Å². The Morgan fingerprint density at radius 2 is 2.14 bits per heavy atom. The third-order valence-corrected chi connectivity index (χ3v) is 3.15. The third kappa shape index (κ3) is 3.20. The monoisotopic (exact) mass is 302 g/mol. The smallest absolute Gasteiger partial charge is 0.276 e. The van der Waals surface area contributed by atoms with E-state index < -0.39 is 0 Å². The van der Waals surface area contributed by atoms with Crippen molar-refractivity contribution >= 4 is 34.1 Å². The summed E-state index contributed by atoms with van der Waals surface area (Å²) in [6.07, 6.45) is 3.23. The highest BCUT2D eigenvalue weighted by molar-refractivity contribution is 7.14. The van der Waals surface area contributed by atoms with E-state index in [1.54, 1.807) is 36.8 Å². The lowest BCUT2D eigenvalue weighted by atomic mass is 10.4. The Balaban J connectivity index is 1.68. The molecule has 0 radical (unpaired) electrons. The van der Waals surface area contributed by atoms with Crippen molar-refractivity contribution in [3.63, 3.8) is 0 Å². The van der Waals surface area contributed by atoms with Crippen LogP contribution in [-0.4, -0.2) is 26.0 Å². The minimum Gasteiger partial charge on any atom is -0.360 e. The first-order valence-corrected chi connectivity index (χ1v) is 6.83. The standard InChI is InChI=1S/C12H10N6O2S/c1-7-5-9(18-20-7)16-10(19)8-6-21-12(15-8)17-11-13-3-2-4-14-11/h2-6H,1H3,(H,16,18,19)(H,13,14,15,17). The van der Waals surface area contributed by atoms with Crippen molar-refractivity contribution in [1.82, 2.24) is 20.1 Å². The van der Waals surface area contributed by atoms with E-state index in [-0.39, 0.29) is 11.6 Å². The average Bonchev–Trinajstić information content (AvgIpc) is 3.09. The van der Waals surface area contributed by atoms with Crippen LogP contribution in [0.1, 0.15) is 16.2 Å². The van der Waals surface area contributed by atoms with E-state index in [1.165, 1.54) is 11.3 Å². The first kappa shape index (κ1) is 13.2. The van der Waals surface area contributed by atoms with Crippen LogP contribution in [0.2, 0.25) is 0 Å². The fourth-order valence-corrected chi connectivity index (χ4v) is 2.18. The molecule has 0 spiro atoms. The molecule has 0 aliphatic rings. The third-order valence-electron chi connectivity index (χ3n) is 2.39. The van der Waals surface area contributed by atoms with Crippen molar-refractivity contribution in [3.05, 3.63) is 41.4 Å². The van der Waals surface area contributed by atoms with Gasteiger partial charge in [0.1, 0.15) is 11.5 Å². The van der Waals surface area contributed by atoms with Crippen LogP contribution < -0.4 is 10.6 Å². The van der Waals surface area contributed by atoms with Crippen LogP contribution in [0.15, 0.2) is 34.4 Å². The van der Waals surface area contributed by atoms with E-state index >= 15 is 0 Å². The van der Waals surface area contributed by atoms with E-state index in [1.807, 2.05) is 0 Å². The molecule has 21 heavy (non-hydrogen) atoms.